The lowest BCUT2D eigenvalue weighted by atomic mass is 10.2. The first-order chi connectivity index (χ1) is 10.6. The standard InChI is InChI=1S/C15H13Cl2NO3S/c16-9-3-4-10-11(8-9)22-14(13(10)17)15(20)21-7-6-18-5-1-2-12(18)19/h3-4,8H,1-2,5-7H2. The van der Waals surface area contributed by atoms with Gasteiger partial charge in [-0.15, -0.1) is 11.3 Å². The fourth-order valence-corrected chi connectivity index (χ4v) is 4.10. The molecule has 3 rings (SSSR count). The molecule has 1 aromatic heterocycles. The molecule has 0 atom stereocenters. The molecule has 2 aromatic rings. The van der Waals surface area contributed by atoms with Gasteiger partial charge in [-0.25, -0.2) is 4.79 Å². The van der Waals surface area contributed by atoms with Crippen molar-refractivity contribution in [1.82, 2.24) is 4.90 Å². The number of hydrogen-bond acceptors (Lipinski definition) is 4. The third kappa shape index (κ3) is 3.07. The van der Waals surface area contributed by atoms with E-state index in [9.17, 15) is 9.59 Å². The molecule has 2 heterocycles. The van der Waals surface area contributed by atoms with Crippen LogP contribution in [0.15, 0.2) is 18.2 Å². The van der Waals surface area contributed by atoms with Crippen molar-refractivity contribution in [2.45, 2.75) is 12.8 Å². The number of likely N-dealkylation sites (tertiary alicyclic amines) is 1. The van der Waals surface area contributed by atoms with Crippen molar-refractivity contribution < 1.29 is 14.3 Å². The summed E-state index contributed by atoms with van der Waals surface area (Å²) >= 11 is 13.4. The van der Waals surface area contributed by atoms with Gasteiger partial charge in [0, 0.05) is 28.1 Å². The van der Waals surface area contributed by atoms with E-state index < -0.39 is 5.97 Å². The fraction of sp³-hybridized carbons (Fsp3) is 0.333. The third-order valence-electron chi connectivity index (χ3n) is 3.54. The first-order valence-corrected chi connectivity index (χ1v) is 8.46. The monoisotopic (exact) mass is 357 g/mol. The molecular weight excluding hydrogens is 345 g/mol. The van der Waals surface area contributed by atoms with Crippen LogP contribution in [0, 0.1) is 0 Å². The summed E-state index contributed by atoms with van der Waals surface area (Å²) < 4.78 is 6.09. The molecule has 1 fully saturated rings. The zero-order chi connectivity index (χ0) is 15.7. The number of hydrogen-bond donors (Lipinski definition) is 0. The number of carbonyl (C=O) groups is 2. The van der Waals surface area contributed by atoms with Crippen LogP contribution in [0.5, 0.6) is 0 Å². The van der Waals surface area contributed by atoms with Crippen LogP contribution >= 0.6 is 34.5 Å². The highest BCUT2D eigenvalue weighted by molar-refractivity contribution is 7.21. The summed E-state index contributed by atoms with van der Waals surface area (Å²) in [5.41, 5.74) is 0. The number of thiophene rings is 1. The van der Waals surface area contributed by atoms with E-state index >= 15 is 0 Å². The van der Waals surface area contributed by atoms with Crippen molar-refractivity contribution in [2.75, 3.05) is 19.7 Å². The van der Waals surface area contributed by atoms with Gasteiger partial charge in [-0.3, -0.25) is 4.79 Å². The van der Waals surface area contributed by atoms with Crippen molar-refractivity contribution in [2.24, 2.45) is 0 Å². The maximum Gasteiger partial charge on any atom is 0.349 e. The van der Waals surface area contributed by atoms with Crippen LogP contribution in [0.1, 0.15) is 22.5 Å². The molecule has 4 nitrogen and oxygen atoms in total. The Kier molecular flexibility index (Phi) is 4.57. The van der Waals surface area contributed by atoms with E-state index in [2.05, 4.69) is 0 Å². The molecule has 1 aromatic carbocycles. The summed E-state index contributed by atoms with van der Waals surface area (Å²) in [6.07, 6.45) is 1.45. The van der Waals surface area contributed by atoms with Crippen LogP contribution in [-0.4, -0.2) is 36.5 Å². The predicted octanol–water partition coefficient (Wildman–Crippen LogP) is 3.99. The normalized spacial score (nSPS) is 14.8. The molecule has 0 bridgehead atoms. The van der Waals surface area contributed by atoms with Gasteiger partial charge in [-0.1, -0.05) is 29.3 Å². The number of amides is 1. The highest BCUT2D eigenvalue weighted by Gasteiger charge is 2.22. The Morgan fingerprint density at radius 2 is 2.18 bits per heavy atom. The van der Waals surface area contributed by atoms with Gasteiger partial charge in [0.1, 0.15) is 11.5 Å². The Morgan fingerprint density at radius 3 is 2.91 bits per heavy atom. The van der Waals surface area contributed by atoms with Crippen molar-refractivity contribution in [3.05, 3.63) is 33.1 Å². The number of benzene rings is 1. The summed E-state index contributed by atoms with van der Waals surface area (Å²) in [5.74, 6) is -0.348. The zero-order valence-electron chi connectivity index (χ0n) is 11.6. The maximum atomic E-state index is 12.1. The molecule has 0 N–H and O–H groups in total. The topological polar surface area (TPSA) is 46.6 Å². The van der Waals surface area contributed by atoms with E-state index in [-0.39, 0.29) is 12.5 Å². The SMILES string of the molecule is O=C(OCCN1CCCC1=O)c1sc2cc(Cl)ccc2c1Cl. The van der Waals surface area contributed by atoms with Gasteiger partial charge in [-0.2, -0.15) is 0 Å². The Balaban J connectivity index is 1.67. The van der Waals surface area contributed by atoms with Crippen LogP contribution < -0.4 is 0 Å². The van der Waals surface area contributed by atoms with E-state index in [0.29, 0.717) is 27.9 Å². The number of esters is 1. The molecule has 22 heavy (non-hydrogen) atoms. The largest absolute Gasteiger partial charge is 0.460 e. The van der Waals surface area contributed by atoms with Gasteiger partial charge in [-0.05, 0) is 18.6 Å². The summed E-state index contributed by atoms with van der Waals surface area (Å²) in [7, 11) is 0. The minimum absolute atomic E-state index is 0.116. The average Bonchev–Trinajstić information content (AvgIpc) is 3.03. The second-order valence-electron chi connectivity index (χ2n) is 5.01. The number of carbonyl (C=O) groups excluding carboxylic acids is 2. The van der Waals surface area contributed by atoms with E-state index in [0.717, 1.165) is 23.1 Å². The van der Waals surface area contributed by atoms with Gasteiger partial charge in [0.15, 0.2) is 0 Å². The van der Waals surface area contributed by atoms with Crippen LogP contribution in [0.3, 0.4) is 0 Å². The first kappa shape index (κ1) is 15.6. The molecule has 1 amide bonds. The third-order valence-corrected chi connectivity index (χ3v) is 5.41. The quantitative estimate of drug-likeness (QED) is 0.777. The second-order valence-corrected chi connectivity index (χ2v) is 6.87. The summed E-state index contributed by atoms with van der Waals surface area (Å²) in [5, 5.41) is 1.77. The van der Waals surface area contributed by atoms with E-state index in [1.54, 1.807) is 23.1 Å². The fourth-order valence-electron chi connectivity index (χ4n) is 2.42. The Labute approximate surface area is 141 Å². The van der Waals surface area contributed by atoms with Gasteiger partial charge in [0.2, 0.25) is 5.91 Å². The summed E-state index contributed by atoms with van der Waals surface area (Å²) in [4.78, 5) is 25.7. The molecule has 1 aliphatic heterocycles. The number of rotatable bonds is 4. The Hall–Kier alpha value is -1.30. The second kappa shape index (κ2) is 6.44. The summed E-state index contributed by atoms with van der Waals surface area (Å²) in [6, 6.07) is 5.29. The number of ether oxygens (including phenoxy) is 1. The Bertz CT molecular complexity index is 744. The molecule has 7 heteroatoms. The number of nitrogens with zero attached hydrogens (tertiary/aromatic N) is 1. The lowest BCUT2D eigenvalue weighted by Crippen LogP contribution is -2.29. The van der Waals surface area contributed by atoms with Crippen molar-refractivity contribution >= 4 is 56.5 Å². The predicted molar refractivity (Wildman–Crippen MR) is 87.9 cm³/mol. The van der Waals surface area contributed by atoms with Crippen LogP contribution in [0.25, 0.3) is 10.1 Å². The van der Waals surface area contributed by atoms with Gasteiger partial charge in [0.05, 0.1) is 11.6 Å². The lowest BCUT2D eigenvalue weighted by molar-refractivity contribution is -0.128. The molecule has 0 radical (unpaired) electrons. The number of fused-ring (bicyclic) bond motifs is 1. The minimum atomic E-state index is -0.464. The molecule has 1 aliphatic rings. The molecular formula is C15H13Cl2NO3S. The maximum absolute atomic E-state index is 12.1. The van der Waals surface area contributed by atoms with E-state index in [1.165, 1.54) is 11.3 Å². The first-order valence-electron chi connectivity index (χ1n) is 6.88. The van der Waals surface area contributed by atoms with Gasteiger partial charge in [0.25, 0.3) is 0 Å². The van der Waals surface area contributed by atoms with Gasteiger partial charge < -0.3 is 9.64 Å². The lowest BCUT2D eigenvalue weighted by Gasteiger charge is -2.14. The zero-order valence-corrected chi connectivity index (χ0v) is 13.9. The van der Waals surface area contributed by atoms with Crippen LogP contribution in [0.2, 0.25) is 10.0 Å². The van der Waals surface area contributed by atoms with Crippen molar-refractivity contribution in [1.29, 1.82) is 0 Å². The average molecular weight is 358 g/mol. The van der Waals surface area contributed by atoms with E-state index in [4.69, 9.17) is 27.9 Å². The van der Waals surface area contributed by atoms with Crippen LogP contribution in [0.4, 0.5) is 0 Å². The molecule has 0 saturated carbocycles. The number of halogens is 2. The summed E-state index contributed by atoms with van der Waals surface area (Å²) in [6.45, 7) is 1.34. The van der Waals surface area contributed by atoms with Crippen molar-refractivity contribution in [3.8, 4) is 0 Å². The highest BCUT2D eigenvalue weighted by atomic mass is 35.5. The van der Waals surface area contributed by atoms with Crippen molar-refractivity contribution in [3.63, 3.8) is 0 Å². The smallest absolute Gasteiger partial charge is 0.349 e. The van der Waals surface area contributed by atoms with Gasteiger partial charge >= 0.3 is 5.97 Å². The van der Waals surface area contributed by atoms with Crippen LogP contribution in [-0.2, 0) is 9.53 Å². The molecule has 0 spiro atoms. The highest BCUT2D eigenvalue weighted by Crippen LogP contribution is 2.37. The molecule has 0 unspecified atom stereocenters. The van der Waals surface area contributed by atoms with E-state index in [1.807, 2.05) is 0 Å². The molecule has 1 saturated heterocycles. The molecule has 0 aliphatic carbocycles. The minimum Gasteiger partial charge on any atom is -0.460 e. The Morgan fingerprint density at radius 1 is 1.36 bits per heavy atom. The molecule has 116 valence electrons.